The molecular formula is C16H28O. The lowest BCUT2D eigenvalue weighted by Crippen LogP contribution is -2.60. The average molecular weight is 236 g/mol. The monoisotopic (exact) mass is 236 g/mol. The van der Waals surface area contributed by atoms with Crippen LogP contribution in [0.25, 0.3) is 0 Å². The number of aliphatic hydroxyl groups is 1. The first-order chi connectivity index (χ1) is 8.03. The normalized spacial score (nSPS) is 52.1. The molecule has 0 aliphatic heterocycles. The minimum absolute atomic E-state index is 0.274. The molecule has 17 heavy (non-hydrogen) atoms. The first-order valence-electron chi connectivity index (χ1n) is 7.75. The lowest BCUT2D eigenvalue weighted by molar-refractivity contribution is -0.204. The van der Waals surface area contributed by atoms with Gasteiger partial charge in [0.2, 0.25) is 0 Å². The maximum atomic E-state index is 10.9. The van der Waals surface area contributed by atoms with Crippen LogP contribution >= 0.6 is 0 Å². The summed E-state index contributed by atoms with van der Waals surface area (Å²) >= 11 is 0. The van der Waals surface area contributed by atoms with Crippen LogP contribution < -0.4 is 0 Å². The molecule has 0 aromatic heterocycles. The molecule has 0 saturated heterocycles. The van der Waals surface area contributed by atoms with Crippen LogP contribution in [0.3, 0.4) is 0 Å². The van der Waals surface area contributed by atoms with Crippen LogP contribution in [-0.4, -0.2) is 10.7 Å². The van der Waals surface area contributed by atoms with E-state index in [0.717, 1.165) is 25.2 Å². The Kier molecular flexibility index (Phi) is 2.63. The van der Waals surface area contributed by atoms with Gasteiger partial charge in [0.05, 0.1) is 5.60 Å². The van der Waals surface area contributed by atoms with Crippen molar-refractivity contribution >= 4 is 0 Å². The van der Waals surface area contributed by atoms with E-state index in [1.54, 1.807) is 0 Å². The van der Waals surface area contributed by atoms with E-state index in [4.69, 9.17) is 0 Å². The van der Waals surface area contributed by atoms with Crippen molar-refractivity contribution in [3.63, 3.8) is 0 Å². The van der Waals surface area contributed by atoms with Crippen molar-refractivity contribution in [2.75, 3.05) is 0 Å². The van der Waals surface area contributed by atoms with Crippen molar-refractivity contribution in [1.82, 2.24) is 0 Å². The summed E-state index contributed by atoms with van der Waals surface area (Å²) in [6.07, 6.45) is 12.9. The fourth-order valence-corrected chi connectivity index (χ4v) is 6.41. The molecule has 0 aromatic carbocycles. The first kappa shape index (κ1) is 12.0. The van der Waals surface area contributed by atoms with Gasteiger partial charge in [0.1, 0.15) is 0 Å². The second-order valence-electron chi connectivity index (χ2n) is 7.73. The summed E-state index contributed by atoms with van der Waals surface area (Å²) in [5, 5.41) is 10.9. The van der Waals surface area contributed by atoms with Crippen molar-refractivity contribution in [3.8, 4) is 0 Å². The van der Waals surface area contributed by atoms with Gasteiger partial charge in [-0.3, -0.25) is 0 Å². The minimum Gasteiger partial charge on any atom is -0.390 e. The van der Waals surface area contributed by atoms with E-state index in [0.29, 0.717) is 10.8 Å². The Balaban J connectivity index is 1.91. The van der Waals surface area contributed by atoms with E-state index < -0.39 is 0 Å². The third-order valence-electron chi connectivity index (χ3n) is 5.83. The molecular weight excluding hydrogens is 208 g/mol. The van der Waals surface area contributed by atoms with Gasteiger partial charge in [-0.25, -0.2) is 0 Å². The summed E-state index contributed by atoms with van der Waals surface area (Å²) in [6, 6.07) is 0. The van der Waals surface area contributed by atoms with Crippen molar-refractivity contribution < 1.29 is 5.11 Å². The van der Waals surface area contributed by atoms with Gasteiger partial charge >= 0.3 is 0 Å². The Hall–Kier alpha value is -0.0400. The molecule has 4 saturated carbocycles. The smallest absolute Gasteiger partial charge is 0.0661 e. The zero-order valence-corrected chi connectivity index (χ0v) is 11.6. The van der Waals surface area contributed by atoms with Crippen molar-refractivity contribution in [1.29, 1.82) is 0 Å². The summed E-state index contributed by atoms with van der Waals surface area (Å²) in [5.41, 5.74) is 0.778. The number of hydrogen-bond donors (Lipinski definition) is 1. The summed E-state index contributed by atoms with van der Waals surface area (Å²) in [5.74, 6) is 0.842. The second-order valence-corrected chi connectivity index (χ2v) is 7.73. The summed E-state index contributed by atoms with van der Waals surface area (Å²) in [4.78, 5) is 0. The molecule has 0 heterocycles. The molecule has 0 aromatic rings. The standard InChI is InChI=1S/C16H28O/c1-3-5-14-7-13-8-15(10-14,6-4-2)12-16(17,9-13)11-14/h13,17H,3-12H2,1-2H3. The van der Waals surface area contributed by atoms with Crippen LogP contribution in [0.4, 0.5) is 0 Å². The Morgan fingerprint density at radius 3 is 1.82 bits per heavy atom. The van der Waals surface area contributed by atoms with Crippen LogP contribution in [0.15, 0.2) is 0 Å². The molecule has 1 N–H and O–H groups in total. The minimum atomic E-state index is -0.274. The Labute approximate surface area is 106 Å². The van der Waals surface area contributed by atoms with E-state index in [1.807, 2.05) is 0 Å². The van der Waals surface area contributed by atoms with Crippen molar-refractivity contribution in [3.05, 3.63) is 0 Å². The van der Waals surface area contributed by atoms with Crippen LogP contribution in [0.2, 0.25) is 0 Å². The van der Waals surface area contributed by atoms with E-state index in [9.17, 15) is 5.11 Å². The molecule has 2 atom stereocenters. The fourth-order valence-electron chi connectivity index (χ4n) is 6.41. The predicted octanol–water partition coefficient (Wildman–Crippen LogP) is 4.29. The Morgan fingerprint density at radius 2 is 1.41 bits per heavy atom. The maximum absolute atomic E-state index is 10.9. The molecule has 1 heteroatoms. The molecule has 1 nitrogen and oxygen atoms in total. The van der Waals surface area contributed by atoms with E-state index >= 15 is 0 Å². The lowest BCUT2D eigenvalue weighted by Gasteiger charge is -2.65. The Morgan fingerprint density at radius 1 is 0.882 bits per heavy atom. The second kappa shape index (κ2) is 3.73. The summed E-state index contributed by atoms with van der Waals surface area (Å²) < 4.78 is 0. The predicted molar refractivity (Wildman–Crippen MR) is 70.8 cm³/mol. The van der Waals surface area contributed by atoms with Gasteiger partial charge in [0.15, 0.2) is 0 Å². The van der Waals surface area contributed by atoms with E-state index in [-0.39, 0.29) is 5.60 Å². The Bertz CT molecular complexity index is 287. The van der Waals surface area contributed by atoms with Gasteiger partial charge in [-0.15, -0.1) is 0 Å². The highest BCUT2D eigenvalue weighted by Crippen LogP contribution is 2.68. The van der Waals surface area contributed by atoms with E-state index in [1.165, 1.54) is 44.9 Å². The molecule has 4 fully saturated rings. The molecule has 0 radical (unpaired) electrons. The SMILES string of the molecule is CCCC12CC3CC(O)(C1)CC(CCC)(C3)C2. The highest BCUT2D eigenvalue weighted by Gasteiger charge is 2.61. The maximum Gasteiger partial charge on any atom is 0.0661 e. The first-order valence-corrected chi connectivity index (χ1v) is 7.75. The highest BCUT2D eigenvalue weighted by atomic mass is 16.3. The van der Waals surface area contributed by atoms with Crippen LogP contribution in [0, 0.1) is 16.7 Å². The number of rotatable bonds is 4. The quantitative estimate of drug-likeness (QED) is 0.772. The molecule has 98 valence electrons. The number of hydrogen-bond acceptors (Lipinski definition) is 1. The average Bonchev–Trinajstić information content (AvgIpc) is 2.12. The summed E-state index contributed by atoms with van der Waals surface area (Å²) in [6.45, 7) is 4.63. The van der Waals surface area contributed by atoms with Gasteiger partial charge < -0.3 is 5.11 Å². The summed E-state index contributed by atoms with van der Waals surface area (Å²) in [7, 11) is 0. The van der Waals surface area contributed by atoms with Crippen molar-refractivity contribution in [2.45, 2.75) is 83.7 Å². The third-order valence-corrected chi connectivity index (χ3v) is 5.83. The fraction of sp³-hybridized carbons (Fsp3) is 1.00. The largest absolute Gasteiger partial charge is 0.390 e. The molecule has 4 bridgehead atoms. The van der Waals surface area contributed by atoms with Gasteiger partial charge in [0, 0.05) is 0 Å². The van der Waals surface area contributed by atoms with Crippen molar-refractivity contribution in [2.24, 2.45) is 16.7 Å². The van der Waals surface area contributed by atoms with Gasteiger partial charge in [-0.2, -0.15) is 0 Å². The molecule has 4 rings (SSSR count). The topological polar surface area (TPSA) is 20.2 Å². The zero-order chi connectivity index (χ0) is 12.1. The van der Waals surface area contributed by atoms with Crippen LogP contribution in [0.1, 0.15) is 78.1 Å². The van der Waals surface area contributed by atoms with E-state index in [2.05, 4.69) is 13.8 Å². The molecule has 0 spiro atoms. The van der Waals surface area contributed by atoms with Gasteiger partial charge in [0.25, 0.3) is 0 Å². The lowest BCUT2D eigenvalue weighted by atomic mass is 9.41. The molecule has 0 amide bonds. The van der Waals surface area contributed by atoms with Crippen LogP contribution in [-0.2, 0) is 0 Å². The van der Waals surface area contributed by atoms with Gasteiger partial charge in [-0.1, -0.05) is 26.7 Å². The molecule has 2 unspecified atom stereocenters. The molecule has 4 aliphatic carbocycles. The molecule has 4 aliphatic rings. The third kappa shape index (κ3) is 1.85. The highest BCUT2D eigenvalue weighted by molar-refractivity contribution is 5.13. The zero-order valence-electron chi connectivity index (χ0n) is 11.6. The van der Waals surface area contributed by atoms with Gasteiger partial charge in [-0.05, 0) is 68.1 Å². The van der Waals surface area contributed by atoms with Crippen LogP contribution in [0.5, 0.6) is 0 Å².